The third-order valence-electron chi connectivity index (χ3n) is 3.17. The van der Waals surface area contributed by atoms with Gasteiger partial charge in [0.15, 0.2) is 11.6 Å². The molecule has 0 aliphatic rings. The molecule has 6 heteroatoms. The third-order valence-corrected chi connectivity index (χ3v) is 4.41. The topological polar surface area (TPSA) is 68.3 Å². The van der Waals surface area contributed by atoms with Crippen molar-refractivity contribution in [1.82, 2.24) is 0 Å². The molecule has 0 aromatic heterocycles. The van der Waals surface area contributed by atoms with E-state index in [9.17, 15) is 18.0 Å². The van der Waals surface area contributed by atoms with Crippen molar-refractivity contribution >= 4 is 31.3 Å². The largest absolute Gasteiger partial charge is 0.294 e. The standard InChI is InChI=1S/C11H12O2.C6H13ClO2S.C2H6/c1-3-11(13)10-7-5-4-6-9(10)8(2)12;1-2-3-4-5-6-10(7,8)9;1-2/h4-7H,3H2,1-2H3;2-6H2,1H3;1-2H3. The van der Waals surface area contributed by atoms with Crippen LogP contribution in [0, 0.1) is 0 Å². The maximum absolute atomic E-state index is 11.4. The minimum absolute atomic E-state index is 0.0193. The van der Waals surface area contributed by atoms with Crippen molar-refractivity contribution in [2.24, 2.45) is 0 Å². The molecule has 0 saturated heterocycles. The molecular formula is C19H31ClO4S. The summed E-state index contributed by atoms with van der Waals surface area (Å²) in [6, 6.07) is 6.92. The number of carbonyl (C=O) groups excluding carboxylic acids is 2. The molecule has 0 fully saturated rings. The number of rotatable bonds is 8. The molecule has 0 saturated carbocycles. The Bertz CT molecular complexity index is 610. The van der Waals surface area contributed by atoms with Crippen molar-refractivity contribution in [3.05, 3.63) is 35.4 Å². The summed E-state index contributed by atoms with van der Waals surface area (Å²) in [4.78, 5) is 22.5. The second-order valence-electron chi connectivity index (χ2n) is 5.18. The quantitative estimate of drug-likeness (QED) is 0.327. The normalized spacial score (nSPS) is 10.0. The lowest BCUT2D eigenvalue weighted by molar-refractivity contribution is 0.0966. The zero-order valence-electron chi connectivity index (χ0n) is 16.0. The maximum Gasteiger partial charge on any atom is 0.232 e. The number of carbonyl (C=O) groups is 2. The smallest absolute Gasteiger partial charge is 0.232 e. The van der Waals surface area contributed by atoms with E-state index >= 15 is 0 Å². The molecule has 1 rings (SSSR count). The first-order valence-corrected chi connectivity index (χ1v) is 11.3. The summed E-state index contributed by atoms with van der Waals surface area (Å²) in [5, 5.41) is 0. The van der Waals surface area contributed by atoms with Crippen LogP contribution in [-0.4, -0.2) is 25.7 Å². The monoisotopic (exact) mass is 390 g/mol. The highest BCUT2D eigenvalue weighted by atomic mass is 35.7. The van der Waals surface area contributed by atoms with Crippen molar-refractivity contribution in [3.8, 4) is 0 Å². The molecule has 0 bridgehead atoms. The van der Waals surface area contributed by atoms with Crippen LogP contribution in [0.15, 0.2) is 24.3 Å². The highest BCUT2D eigenvalue weighted by Crippen LogP contribution is 2.11. The van der Waals surface area contributed by atoms with E-state index in [1.807, 2.05) is 13.8 Å². The second kappa shape index (κ2) is 15.1. The molecule has 4 nitrogen and oxygen atoms in total. The van der Waals surface area contributed by atoms with Crippen LogP contribution in [0.2, 0.25) is 0 Å². The lowest BCUT2D eigenvalue weighted by Crippen LogP contribution is -2.05. The SMILES string of the molecule is CC.CCC(=O)c1ccccc1C(C)=O.CCCCCCS(=O)(=O)Cl. The lowest BCUT2D eigenvalue weighted by atomic mass is 10.00. The molecule has 0 atom stereocenters. The number of ketones is 2. The summed E-state index contributed by atoms with van der Waals surface area (Å²) in [5.74, 6) is 0.0809. The molecule has 1 aromatic carbocycles. The van der Waals surface area contributed by atoms with Gasteiger partial charge in [0.05, 0.1) is 5.75 Å². The van der Waals surface area contributed by atoms with E-state index in [0.717, 1.165) is 19.3 Å². The number of hydrogen-bond acceptors (Lipinski definition) is 4. The number of Topliss-reactive ketones (excluding diaryl/α,β-unsaturated/α-hetero) is 2. The van der Waals surface area contributed by atoms with Crippen molar-refractivity contribution in [3.63, 3.8) is 0 Å². The molecule has 0 amide bonds. The molecule has 25 heavy (non-hydrogen) atoms. The molecule has 0 spiro atoms. The molecule has 0 unspecified atom stereocenters. The maximum atomic E-state index is 11.4. The molecule has 0 aliphatic carbocycles. The highest BCUT2D eigenvalue weighted by molar-refractivity contribution is 8.13. The second-order valence-corrected chi connectivity index (χ2v) is 8.08. The Morgan fingerprint density at radius 3 is 1.88 bits per heavy atom. The highest BCUT2D eigenvalue weighted by Gasteiger charge is 2.11. The first-order chi connectivity index (χ1) is 11.7. The third kappa shape index (κ3) is 13.7. The summed E-state index contributed by atoms with van der Waals surface area (Å²) < 4.78 is 20.7. The van der Waals surface area contributed by atoms with E-state index in [1.165, 1.54) is 6.92 Å². The summed E-state index contributed by atoms with van der Waals surface area (Å²) in [7, 11) is 1.75. The van der Waals surface area contributed by atoms with Gasteiger partial charge in [0.2, 0.25) is 9.05 Å². The van der Waals surface area contributed by atoms with Crippen LogP contribution in [-0.2, 0) is 9.05 Å². The van der Waals surface area contributed by atoms with E-state index in [2.05, 4.69) is 6.92 Å². The van der Waals surface area contributed by atoms with Gasteiger partial charge in [-0.2, -0.15) is 0 Å². The van der Waals surface area contributed by atoms with Crippen LogP contribution < -0.4 is 0 Å². The summed E-state index contributed by atoms with van der Waals surface area (Å²) >= 11 is 0. The van der Waals surface area contributed by atoms with Gasteiger partial charge in [-0.15, -0.1) is 0 Å². The molecule has 144 valence electrons. The van der Waals surface area contributed by atoms with E-state index in [-0.39, 0.29) is 17.3 Å². The first-order valence-electron chi connectivity index (χ1n) is 8.78. The minimum atomic E-state index is -3.23. The van der Waals surface area contributed by atoms with E-state index in [0.29, 0.717) is 24.0 Å². The fourth-order valence-corrected chi connectivity index (χ4v) is 2.80. The van der Waals surface area contributed by atoms with Gasteiger partial charge in [-0.25, -0.2) is 8.42 Å². The van der Waals surface area contributed by atoms with Crippen molar-refractivity contribution < 1.29 is 18.0 Å². The summed E-state index contributed by atoms with van der Waals surface area (Å²) in [6.45, 7) is 9.34. The van der Waals surface area contributed by atoms with E-state index in [1.54, 1.807) is 31.2 Å². The number of unbranched alkanes of at least 4 members (excludes halogenated alkanes) is 3. The zero-order chi connectivity index (χ0) is 19.9. The predicted molar refractivity (Wildman–Crippen MR) is 106 cm³/mol. The number of hydrogen-bond donors (Lipinski definition) is 0. The molecule has 0 heterocycles. The average Bonchev–Trinajstić information content (AvgIpc) is 2.59. The Hall–Kier alpha value is -1.20. The zero-order valence-corrected chi connectivity index (χ0v) is 17.5. The van der Waals surface area contributed by atoms with Crippen LogP contribution in [0.3, 0.4) is 0 Å². The Morgan fingerprint density at radius 2 is 1.48 bits per heavy atom. The van der Waals surface area contributed by atoms with Crippen molar-refractivity contribution in [2.45, 2.75) is 66.7 Å². The summed E-state index contributed by atoms with van der Waals surface area (Å²) in [5.41, 5.74) is 1.06. The van der Waals surface area contributed by atoms with Crippen LogP contribution >= 0.6 is 10.7 Å². The van der Waals surface area contributed by atoms with E-state index < -0.39 is 9.05 Å². The van der Waals surface area contributed by atoms with Gasteiger partial charge in [0.25, 0.3) is 0 Å². The molecule has 0 aliphatic heterocycles. The molecular weight excluding hydrogens is 360 g/mol. The molecule has 0 N–H and O–H groups in total. The average molecular weight is 391 g/mol. The van der Waals surface area contributed by atoms with Gasteiger partial charge in [0.1, 0.15) is 0 Å². The Balaban J connectivity index is 0. The van der Waals surface area contributed by atoms with Gasteiger partial charge in [0, 0.05) is 28.2 Å². The Kier molecular flexibility index (Phi) is 15.7. The van der Waals surface area contributed by atoms with Gasteiger partial charge in [-0.3, -0.25) is 9.59 Å². The predicted octanol–water partition coefficient (Wildman–Crippen LogP) is 5.64. The molecule has 0 radical (unpaired) electrons. The summed E-state index contributed by atoms with van der Waals surface area (Å²) in [6.07, 6.45) is 4.29. The van der Waals surface area contributed by atoms with Crippen LogP contribution in [0.4, 0.5) is 0 Å². The van der Waals surface area contributed by atoms with Gasteiger partial charge in [-0.1, -0.05) is 71.2 Å². The fraction of sp³-hybridized carbons (Fsp3) is 0.579. The Labute approximate surface area is 157 Å². The molecule has 1 aromatic rings. The van der Waals surface area contributed by atoms with Crippen LogP contribution in [0.5, 0.6) is 0 Å². The first kappa shape index (κ1) is 26.0. The fourth-order valence-electron chi connectivity index (χ4n) is 1.92. The Morgan fingerprint density at radius 1 is 0.960 bits per heavy atom. The van der Waals surface area contributed by atoms with E-state index in [4.69, 9.17) is 10.7 Å². The van der Waals surface area contributed by atoms with Crippen molar-refractivity contribution in [1.29, 1.82) is 0 Å². The van der Waals surface area contributed by atoms with Gasteiger partial charge < -0.3 is 0 Å². The number of halogens is 1. The van der Waals surface area contributed by atoms with Gasteiger partial charge >= 0.3 is 0 Å². The van der Waals surface area contributed by atoms with Crippen molar-refractivity contribution in [2.75, 3.05) is 5.75 Å². The van der Waals surface area contributed by atoms with Gasteiger partial charge in [-0.05, 0) is 13.3 Å². The van der Waals surface area contributed by atoms with Crippen LogP contribution in [0.1, 0.15) is 87.4 Å². The minimum Gasteiger partial charge on any atom is -0.294 e. The number of benzene rings is 1. The lowest BCUT2D eigenvalue weighted by Gasteiger charge is -2.02. The van der Waals surface area contributed by atoms with Crippen LogP contribution in [0.25, 0.3) is 0 Å².